The summed E-state index contributed by atoms with van der Waals surface area (Å²) in [5.74, 6) is 0. The Balaban J connectivity index is 0.000000249. The second kappa shape index (κ2) is 14.8. The molecule has 0 aliphatic rings. The van der Waals surface area contributed by atoms with Crippen molar-refractivity contribution in [2.75, 3.05) is 0 Å². The Morgan fingerprint density at radius 2 is 0.424 bits per heavy atom. The summed E-state index contributed by atoms with van der Waals surface area (Å²) in [6.07, 6.45) is 0. The van der Waals surface area contributed by atoms with Gasteiger partial charge in [-0.2, -0.15) is 0 Å². The minimum Gasteiger partial charge on any atom is -0.0827 e. The van der Waals surface area contributed by atoms with Gasteiger partial charge < -0.3 is 0 Å². The van der Waals surface area contributed by atoms with E-state index in [9.17, 15) is 0 Å². The first-order valence-electron chi connectivity index (χ1n) is 7.57. The molecule has 0 amide bonds. The van der Waals surface area contributed by atoms with Crippen molar-refractivity contribution in [1.29, 1.82) is 0 Å². The zero-order valence-electron chi connectivity index (χ0n) is 14.9. The standard InChI is InChI=1S/C6Cl6.C6HCl5.C6H2Cl4/c7-1-2(8)4(10)6(12)5(11)3(1)9;7-2-1-3(8)5(10)6(11)4(2)9;7-3-1-2-4(8)6(10)5(3)9/h;1H;1-2H. The van der Waals surface area contributed by atoms with Gasteiger partial charge in [-0.1, -0.05) is 174 Å². The van der Waals surface area contributed by atoms with E-state index in [1.807, 2.05) is 0 Å². The van der Waals surface area contributed by atoms with E-state index < -0.39 is 0 Å². The van der Waals surface area contributed by atoms with Crippen molar-refractivity contribution in [2.24, 2.45) is 0 Å². The van der Waals surface area contributed by atoms with E-state index in [-0.39, 0.29) is 45.2 Å². The molecular formula is C18H3Cl15. The van der Waals surface area contributed by atoms with Crippen molar-refractivity contribution < 1.29 is 0 Å². The van der Waals surface area contributed by atoms with Gasteiger partial charge in [-0.25, -0.2) is 0 Å². The Bertz CT molecular complexity index is 1010. The fraction of sp³-hybridized carbons (Fsp3) is 0. The lowest BCUT2D eigenvalue weighted by atomic mass is 10.3. The molecule has 0 saturated carbocycles. The predicted octanol–water partition coefficient (Wildman–Crippen LogP) is 14.9. The normalized spacial score (nSPS) is 10.3. The third kappa shape index (κ3) is 8.78. The van der Waals surface area contributed by atoms with Gasteiger partial charge in [-0.05, 0) is 18.2 Å². The average molecular weight is 751 g/mol. The Morgan fingerprint density at radius 1 is 0.242 bits per heavy atom. The van der Waals surface area contributed by atoms with E-state index in [1.165, 1.54) is 6.07 Å². The number of benzene rings is 3. The molecule has 33 heavy (non-hydrogen) atoms. The molecule has 0 saturated heterocycles. The number of hydrogen-bond donors (Lipinski definition) is 0. The molecule has 0 heterocycles. The highest BCUT2D eigenvalue weighted by Crippen LogP contribution is 2.46. The van der Waals surface area contributed by atoms with Gasteiger partial charge in [0.15, 0.2) is 0 Å². The number of halogens is 15. The number of rotatable bonds is 0. The van der Waals surface area contributed by atoms with Crippen LogP contribution in [0, 0.1) is 0 Å². The lowest BCUT2D eigenvalue weighted by Gasteiger charge is -2.06. The van der Waals surface area contributed by atoms with E-state index in [0.717, 1.165) is 0 Å². The highest BCUT2D eigenvalue weighted by molar-refractivity contribution is 6.59. The summed E-state index contributed by atoms with van der Waals surface area (Å²) in [6, 6.07) is 4.63. The van der Waals surface area contributed by atoms with Crippen molar-refractivity contribution >= 4 is 174 Å². The van der Waals surface area contributed by atoms with E-state index in [0.29, 0.717) is 30.1 Å². The summed E-state index contributed by atoms with van der Waals surface area (Å²) >= 11 is 84.7. The molecule has 0 N–H and O–H groups in total. The summed E-state index contributed by atoms with van der Waals surface area (Å²) in [7, 11) is 0. The molecule has 3 aromatic carbocycles. The minimum absolute atomic E-state index is 0.109. The summed E-state index contributed by atoms with van der Waals surface area (Å²) in [5, 5.41) is 3.31. The first-order chi connectivity index (χ1) is 15.1. The van der Waals surface area contributed by atoms with Crippen LogP contribution in [-0.4, -0.2) is 0 Å². The van der Waals surface area contributed by atoms with Crippen LogP contribution in [0.15, 0.2) is 18.2 Å². The molecule has 0 atom stereocenters. The molecule has 3 aromatic rings. The molecule has 0 bridgehead atoms. The summed E-state index contributed by atoms with van der Waals surface area (Å²) in [5.41, 5.74) is 0. The van der Waals surface area contributed by atoms with E-state index in [1.54, 1.807) is 12.1 Å². The molecule has 0 aliphatic carbocycles. The van der Waals surface area contributed by atoms with Gasteiger partial charge >= 0.3 is 0 Å². The van der Waals surface area contributed by atoms with Gasteiger partial charge in [0, 0.05) is 0 Å². The van der Waals surface area contributed by atoms with Gasteiger partial charge in [-0.15, -0.1) is 0 Å². The van der Waals surface area contributed by atoms with Gasteiger partial charge in [-0.3, -0.25) is 0 Å². The summed E-state index contributed by atoms with van der Waals surface area (Å²) in [6.45, 7) is 0. The molecule has 180 valence electrons. The van der Waals surface area contributed by atoms with Crippen LogP contribution >= 0.6 is 174 Å². The van der Waals surface area contributed by atoms with E-state index in [4.69, 9.17) is 174 Å². The van der Waals surface area contributed by atoms with Crippen LogP contribution in [0.3, 0.4) is 0 Å². The highest BCUT2D eigenvalue weighted by Gasteiger charge is 2.17. The quantitative estimate of drug-likeness (QED) is 0.159. The molecule has 15 heteroatoms. The van der Waals surface area contributed by atoms with Crippen molar-refractivity contribution in [3.63, 3.8) is 0 Å². The van der Waals surface area contributed by atoms with Gasteiger partial charge in [0.2, 0.25) is 0 Å². The molecular weight excluding hydrogens is 748 g/mol. The Hall–Kier alpha value is 2.01. The Kier molecular flexibility index (Phi) is 14.8. The Morgan fingerprint density at radius 3 is 0.667 bits per heavy atom. The third-order valence-electron chi connectivity index (χ3n) is 3.20. The lowest BCUT2D eigenvalue weighted by molar-refractivity contribution is 1.69. The van der Waals surface area contributed by atoms with Gasteiger partial charge in [0.25, 0.3) is 0 Å². The lowest BCUT2D eigenvalue weighted by Crippen LogP contribution is -1.79. The number of hydrogen-bond acceptors (Lipinski definition) is 0. The van der Waals surface area contributed by atoms with Gasteiger partial charge in [0.05, 0.1) is 75.3 Å². The van der Waals surface area contributed by atoms with Crippen LogP contribution in [0.4, 0.5) is 0 Å². The molecule has 0 fully saturated rings. The maximum Gasteiger partial charge on any atom is 0.0810 e. The minimum atomic E-state index is 0.109. The topological polar surface area (TPSA) is 0 Å². The maximum absolute atomic E-state index is 5.67. The molecule has 0 spiro atoms. The largest absolute Gasteiger partial charge is 0.0827 e. The third-order valence-corrected chi connectivity index (χ3v) is 9.90. The van der Waals surface area contributed by atoms with Crippen LogP contribution in [0.5, 0.6) is 0 Å². The van der Waals surface area contributed by atoms with Crippen molar-refractivity contribution in [1.82, 2.24) is 0 Å². The zero-order valence-corrected chi connectivity index (χ0v) is 26.2. The smallest absolute Gasteiger partial charge is 0.0810 e. The van der Waals surface area contributed by atoms with Crippen molar-refractivity contribution in [2.45, 2.75) is 0 Å². The fourth-order valence-corrected chi connectivity index (χ4v) is 4.90. The Labute approximate surface area is 264 Å². The highest BCUT2D eigenvalue weighted by atomic mass is 35.5. The SMILES string of the molecule is Clc1c(Cl)c(Cl)c(Cl)c(Cl)c1Cl.Clc1cc(Cl)c(Cl)c(Cl)c1Cl.Clc1ccc(Cl)c(Cl)c1Cl. The molecule has 0 nitrogen and oxygen atoms in total. The molecule has 0 aromatic heterocycles. The monoisotopic (exact) mass is 744 g/mol. The molecule has 0 aliphatic heterocycles. The second-order valence-corrected chi connectivity index (χ2v) is 11.1. The van der Waals surface area contributed by atoms with Crippen LogP contribution in [0.2, 0.25) is 75.3 Å². The van der Waals surface area contributed by atoms with Crippen LogP contribution in [0.1, 0.15) is 0 Å². The zero-order chi connectivity index (χ0) is 25.8. The molecule has 0 radical (unpaired) electrons. The van der Waals surface area contributed by atoms with Crippen LogP contribution < -0.4 is 0 Å². The van der Waals surface area contributed by atoms with E-state index >= 15 is 0 Å². The predicted molar refractivity (Wildman–Crippen MR) is 154 cm³/mol. The van der Waals surface area contributed by atoms with Crippen molar-refractivity contribution in [3.05, 3.63) is 93.5 Å². The molecule has 0 unspecified atom stereocenters. The second-order valence-electron chi connectivity index (χ2n) is 5.32. The first kappa shape index (κ1) is 33.0. The summed E-state index contributed by atoms with van der Waals surface area (Å²) < 4.78 is 0. The van der Waals surface area contributed by atoms with E-state index in [2.05, 4.69) is 0 Å². The van der Waals surface area contributed by atoms with Crippen molar-refractivity contribution in [3.8, 4) is 0 Å². The summed E-state index contributed by atoms with van der Waals surface area (Å²) in [4.78, 5) is 0. The molecule has 3 rings (SSSR count). The van der Waals surface area contributed by atoms with Crippen LogP contribution in [-0.2, 0) is 0 Å². The van der Waals surface area contributed by atoms with Gasteiger partial charge in [0.1, 0.15) is 0 Å². The fourth-order valence-electron chi connectivity index (χ4n) is 1.62. The first-order valence-corrected chi connectivity index (χ1v) is 13.2. The average Bonchev–Trinajstić information content (AvgIpc) is 2.79. The maximum atomic E-state index is 5.67. The van der Waals surface area contributed by atoms with Crippen LogP contribution in [0.25, 0.3) is 0 Å².